The number of fused-ring (bicyclic) bond motifs is 1. The quantitative estimate of drug-likeness (QED) is 0.222. The second kappa shape index (κ2) is 10.5. The fraction of sp³-hybridized carbons (Fsp3) is 0.217. The molecule has 1 fully saturated rings. The topological polar surface area (TPSA) is 120 Å². The smallest absolute Gasteiger partial charge is 0.397 e. The lowest BCUT2D eigenvalue weighted by molar-refractivity contribution is -0.114. The van der Waals surface area contributed by atoms with Crippen molar-refractivity contribution in [2.75, 3.05) is 36.1 Å². The zero-order valence-corrected chi connectivity index (χ0v) is 20.1. The van der Waals surface area contributed by atoms with Gasteiger partial charge in [-0.05, 0) is 49.0 Å². The van der Waals surface area contributed by atoms with Crippen LogP contribution in [0.3, 0.4) is 0 Å². The van der Waals surface area contributed by atoms with Gasteiger partial charge in [0.1, 0.15) is 5.70 Å². The van der Waals surface area contributed by atoms with Crippen molar-refractivity contribution in [1.29, 1.82) is 0 Å². The normalized spacial score (nSPS) is 18.1. The molecule has 0 aromatic heterocycles. The number of rotatable bonds is 9. The molecule has 0 unspecified atom stereocenters. The first kappa shape index (κ1) is 24.8. The van der Waals surface area contributed by atoms with Crippen molar-refractivity contribution in [3.8, 4) is 5.75 Å². The van der Waals surface area contributed by atoms with Crippen LogP contribution in [-0.2, 0) is 19.4 Å². The van der Waals surface area contributed by atoms with E-state index in [0.717, 1.165) is 5.69 Å². The van der Waals surface area contributed by atoms with Gasteiger partial charge < -0.3 is 19.6 Å². The van der Waals surface area contributed by atoms with Gasteiger partial charge in [-0.25, -0.2) is 4.18 Å². The number of β-amino-alcohol motifs (C(OH)–C–C–N with tert-alkyl or cyclic N) is 1. The molecule has 0 spiro atoms. The molecule has 1 saturated heterocycles. The van der Waals surface area contributed by atoms with Gasteiger partial charge in [0.25, 0.3) is 5.91 Å². The lowest BCUT2D eigenvalue weighted by Crippen LogP contribution is -2.33. The predicted octanol–water partition coefficient (Wildman–Crippen LogP) is 2.45. The number of aliphatic hydroxyl groups excluding tert-OH is 1. The van der Waals surface area contributed by atoms with E-state index in [0.29, 0.717) is 23.9 Å². The minimum Gasteiger partial charge on any atom is -0.439 e. The number of ether oxygens (including phenoxy) is 1. The number of allylic oxidation sites excluding steroid dienone is 2. The molecule has 4 rings (SSSR count). The number of anilines is 2. The highest BCUT2D eigenvalue weighted by Crippen LogP contribution is 2.39. The minimum absolute atomic E-state index is 0.140. The van der Waals surface area contributed by atoms with Crippen molar-refractivity contribution in [3.63, 3.8) is 0 Å². The molecule has 2 aromatic rings. The first-order chi connectivity index (χ1) is 16.8. The Labute approximate surface area is 208 Å². The van der Waals surface area contributed by atoms with Crippen LogP contribution in [0, 0.1) is 0 Å². The first-order valence-corrected chi connectivity index (χ1v) is 12.5. The van der Waals surface area contributed by atoms with Gasteiger partial charge in [-0.2, -0.15) is 8.42 Å². The number of benzene rings is 2. The maximum atomic E-state index is 13.3. The summed E-state index contributed by atoms with van der Waals surface area (Å²) in [5.41, 5.74) is 1.65. The molecule has 0 bridgehead atoms. The highest BCUT2D eigenvalue weighted by molar-refractivity contribution is 7.81. The summed E-state index contributed by atoms with van der Waals surface area (Å²) in [5.74, 6) is 0.667. The molecule has 35 heavy (non-hydrogen) atoms. The van der Waals surface area contributed by atoms with Gasteiger partial charge in [-0.15, -0.1) is 0 Å². The first-order valence-electron chi connectivity index (χ1n) is 10.7. The fourth-order valence-corrected chi connectivity index (χ4v) is 4.47. The van der Waals surface area contributed by atoms with E-state index in [1.54, 1.807) is 47.4 Å². The number of thiocarbonyl (C=S) groups is 1. The van der Waals surface area contributed by atoms with Gasteiger partial charge in [0, 0.05) is 19.2 Å². The Bertz CT molecular complexity index is 1280. The molecule has 2 N–H and O–H groups in total. The van der Waals surface area contributed by atoms with Gasteiger partial charge in [-0.1, -0.05) is 30.3 Å². The second-order valence-corrected chi connectivity index (χ2v) is 8.97. The summed E-state index contributed by atoms with van der Waals surface area (Å²) in [6.45, 7) is 0.0474. The van der Waals surface area contributed by atoms with E-state index in [1.807, 2.05) is 29.2 Å². The summed E-state index contributed by atoms with van der Waals surface area (Å²) >= 11 is 5.53. The predicted molar refractivity (Wildman–Crippen MR) is 133 cm³/mol. The van der Waals surface area contributed by atoms with Crippen molar-refractivity contribution < 1.29 is 31.8 Å². The number of amides is 1. The van der Waals surface area contributed by atoms with E-state index < -0.39 is 10.4 Å². The van der Waals surface area contributed by atoms with E-state index in [2.05, 4.69) is 4.18 Å². The third-order valence-corrected chi connectivity index (χ3v) is 6.12. The van der Waals surface area contributed by atoms with E-state index in [4.69, 9.17) is 21.5 Å². The SMILES string of the molecule is O=C1/C(=C/C=C2\Oc3ccccc3N2CCCOS(=O)(=O)O)N(CCO)C(=S)N1c1ccccc1. The number of aliphatic hydroxyl groups is 1. The van der Waals surface area contributed by atoms with Crippen LogP contribution in [0.15, 0.2) is 78.3 Å². The third-order valence-electron chi connectivity index (χ3n) is 5.25. The number of carbonyl (C=O) groups is 1. The van der Waals surface area contributed by atoms with Crippen LogP contribution in [-0.4, -0.2) is 60.3 Å². The van der Waals surface area contributed by atoms with Crippen molar-refractivity contribution in [2.45, 2.75) is 6.42 Å². The van der Waals surface area contributed by atoms with Crippen LogP contribution in [0.25, 0.3) is 0 Å². The summed E-state index contributed by atoms with van der Waals surface area (Å²) in [7, 11) is -4.52. The van der Waals surface area contributed by atoms with Crippen LogP contribution in [0.4, 0.5) is 11.4 Å². The van der Waals surface area contributed by atoms with Gasteiger partial charge in [-0.3, -0.25) is 14.2 Å². The fourth-order valence-electron chi connectivity index (χ4n) is 3.77. The molecule has 12 heteroatoms. The zero-order chi connectivity index (χ0) is 25.0. The molecule has 0 saturated carbocycles. The van der Waals surface area contributed by atoms with E-state index in [1.165, 1.54) is 4.90 Å². The number of carbonyl (C=O) groups excluding carboxylic acids is 1. The zero-order valence-electron chi connectivity index (χ0n) is 18.5. The lowest BCUT2D eigenvalue weighted by atomic mass is 10.2. The van der Waals surface area contributed by atoms with Crippen molar-refractivity contribution in [1.82, 2.24) is 4.90 Å². The molecular weight excluding hydrogens is 494 g/mol. The molecule has 2 aliphatic rings. The van der Waals surface area contributed by atoms with Gasteiger partial charge in [0.05, 0.1) is 24.6 Å². The molecule has 2 aromatic carbocycles. The van der Waals surface area contributed by atoms with Crippen LogP contribution in [0.2, 0.25) is 0 Å². The van der Waals surface area contributed by atoms with Gasteiger partial charge >= 0.3 is 10.4 Å². The average Bonchev–Trinajstić information content (AvgIpc) is 3.29. The monoisotopic (exact) mass is 517 g/mol. The molecule has 0 radical (unpaired) electrons. The van der Waals surface area contributed by atoms with Crippen molar-refractivity contribution >= 4 is 45.0 Å². The van der Waals surface area contributed by atoms with Crippen molar-refractivity contribution in [2.24, 2.45) is 0 Å². The Hall–Kier alpha value is -3.29. The number of hydrogen-bond donors (Lipinski definition) is 2. The summed E-state index contributed by atoms with van der Waals surface area (Å²) in [6.07, 6.45) is 3.47. The lowest BCUT2D eigenvalue weighted by Gasteiger charge is -2.19. The molecule has 2 heterocycles. The Balaban J connectivity index is 1.61. The molecule has 1 amide bonds. The molecule has 2 aliphatic heterocycles. The molecule has 0 aliphatic carbocycles. The van der Waals surface area contributed by atoms with Crippen molar-refractivity contribution in [3.05, 3.63) is 78.3 Å². The van der Waals surface area contributed by atoms with Crippen LogP contribution >= 0.6 is 12.2 Å². The highest BCUT2D eigenvalue weighted by atomic mass is 32.3. The Morgan fingerprint density at radius 3 is 2.43 bits per heavy atom. The Morgan fingerprint density at radius 1 is 1.00 bits per heavy atom. The van der Waals surface area contributed by atoms with E-state index >= 15 is 0 Å². The summed E-state index contributed by atoms with van der Waals surface area (Å²) < 4.78 is 40.8. The van der Waals surface area contributed by atoms with E-state index in [-0.39, 0.29) is 42.9 Å². The molecule has 184 valence electrons. The van der Waals surface area contributed by atoms with Crippen LogP contribution < -0.4 is 14.5 Å². The van der Waals surface area contributed by atoms with Crippen LogP contribution in [0.5, 0.6) is 5.75 Å². The van der Waals surface area contributed by atoms with Crippen LogP contribution in [0.1, 0.15) is 6.42 Å². The number of para-hydroxylation sites is 3. The third kappa shape index (κ3) is 5.52. The Morgan fingerprint density at radius 2 is 1.71 bits per heavy atom. The standard InChI is InChI=1S/C23H23N3O7S2/c27-15-14-25-19(22(28)26(23(25)34)17-7-2-1-3-8-17)11-12-21-24(13-6-16-32-35(29,30)31)18-9-4-5-10-20(18)33-21/h1-5,7-12,27H,6,13-16H2,(H,29,30,31)/b19-11-,21-12-. The maximum Gasteiger partial charge on any atom is 0.397 e. The number of nitrogens with zero attached hydrogens (tertiary/aromatic N) is 3. The largest absolute Gasteiger partial charge is 0.439 e. The minimum atomic E-state index is -4.52. The average molecular weight is 518 g/mol. The van der Waals surface area contributed by atoms with Gasteiger partial charge in [0.15, 0.2) is 10.9 Å². The summed E-state index contributed by atoms with van der Waals surface area (Å²) in [6, 6.07) is 16.3. The molecule has 10 nitrogen and oxygen atoms in total. The maximum absolute atomic E-state index is 13.3. The Kier molecular flexibility index (Phi) is 7.48. The molecule has 0 atom stereocenters. The highest BCUT2D eigenvalue weighted by Gasteiger charge is 2.38. The summed E-state index contributed by atoms with van der Waals surface area (Å²) in [5, 5.41) is 9.80. The van der Waals surface area contributed by atoms with Gasteiger partial charge in [0.2, 0.25) is 5.88 Å². The summed E-state index contributed by atoms with van der Waals surface area (Å²) in [4.78, 5) is 18.1. The number of hydrogen-bond acceptors (Lipinski definition) is 8. The second-order valence-electron chi connectivity index (χ2n) is 7.52. The van der Waals surface area contributed by atoms with E-state index in [9.17, 15) is 18.3 Å². The molecular formula is C23H23N3O7S2.